The first kappa shape index (κ1) is 19.1. The fraction of sp³-hybridized carbons (Fsp3) is 0.450. The largest absolute Gasteiger partial charge is 0.508 e. The van der Waals surface area contributed by atoms with Gasteiger partial charge >= 0.3 is 0 Å². The Bertz CT molecular complexity index is 812. The molecule has 0 aliphatic carbocycles. The maximum absolute atomic E-state index is 11.1. The molecule has 7 nitrogen and oxygen atoms in total. The van der Waals surface area contributed by atoms with Gasteiger partial charge in [0.25, 0.3) is 0 Å². The van der Waals surface area contributed by atoms with E-state index in [1.165, 1.54) is 0 Å². The van der Waals surface area contributed by atoms with E-state index in [4.69, 9.17) is 0 Å². The van der Waals surface area contributed by atoms with E-state index in [0.29, 0.717) is 18.2 Å². The second kappa shape index (κ2) is 8.05. The van der Waals surface area contributed by atoms with Gasteiger partial charge in [-0.1, -0.05) is 34.1 Å². The Kier molecular flexibility index (Phi) is 5.50. The first-order valence-corrected chi connectivity index (χ1v) is 10.5. The molecule has 4 rings (SSSR count). The SMILES string of the molecule is CN1C2=C(Br)CNN2C(NCC2CCCN(C=O)C2)=CC1c1ccccc1O. The predicted octanol–water partition coefficient (Wildman–Crippen LogP) is 2.06. The average molecular weight is 448 g/mol. The van der Waals surface area contributed by atoms with E-state index in [1.54, 1.807) is 6.07 Å². The maximum Gasteiger partial charge on any atom is 0.209 e. The third-order valence-electron chi connectivity index (χ3n) is 5.68. The Morgan fingerprint density at radius 2 is 2.21 bits per heavy atom. The van der Waals surface area contributed by atoms with Gasteiger partial charge in [0.1, 0.15) is 17.4 Å². The minimum Gasteiger partial charge on any atom is -0.508 e. The lowest BCUT2D eigenvalue weighted by Crippen LogP contribution is -2.47. The van der Waals surface area contributed by atoms with Crippen LogP contribution in [0.15, 0.2) is 46.5 Å². The smallest absolute Gasteiger partial charge is 0.209 e. The quantitative estimate of drug-likeness (QED) is 0.600. The molecule has 0 bridgehead atoms. The van der Waals surface area contributed by atoms with Crippen LogP contribution in [0.5, 0.6) is 5.75 Å². The van der Waals surface area contributed by atoms with E-state index in [2.05, 4.69) is 42.7 Å². The highest BCUT2D eigenvalue weighted by Crippen LogP contribution is 2.39. The number of likely N-dealkylation sites (N-methyl/N-ethyl adjacent to an activating group) is 1. The standard InChI is InChI=1S/C20H26BrN5O2/c1-24-17(15-6-2-3-7-18(15)28)9-19(26-20(24)16(21)11-23-26)22-10-14-5-4-8-25(12-14)13-27/h2-3,6-7,9,13-14,17,22-23,28H,4-5,8,10-12H2,1H3. The minimum atomic E-state index is -0.0831. The Morgan fingerprint density at radius 3 is 3.00 bits per heavy atom. The zero-order valence-electron chi connectivity index (χ0n) is 15.9. The molecule has 2 atom stereocenters. The topological polar surface area (TPSA) is 71.1 Å². The summed E-state index contributed by atoms with van der Waals surface area (Å²) in [6.45, 7) is 3.17. The number of carbonyl (C=O) groups excluding carboxylic acids is 1. The van der Waals surface area contributed by atoms with Gasteiger partial charge in [-0.2, -0.15) is 0 Å². The monoisotopic (exact) mass is 447 g/mol. The van der Waals surface area contributed by atoms with Crippen LogP contribution in [-0.4, -0.2) is 59.6 Å². The predicted molar refractivity (Wildman–Crippen MR) is 111 cm³/mol. The average Bonchev–Trinajstić information content (AvgIpc) is 3.11. The van der Waals surface area contributed by atoms with Crippen LogP contribution in [0.1, 0.15) is 24.4 Å². The lowest BCUT2D eigenvalue weighted by molar-refractivity contribution is -0.119. The first-order chi connectivity index (χ1) is 13.6. The number of rotatable bonds is 5. The summed E-state index contributed by atoms with van der Waals surface area (Å²) in [7, 11) is 2.03. The molecule has 0 saturated carbocycles. The van der Waals surface area contributed by atoms with Crippen molar-refractivity contribution in [2.24, 2.45) is 5.92 Å². The molecular formula is C20H26BrN5O2. The van der Waals surface area contributed by atoms with Crippen molar-refractivity contribution < 1.29 is 9.90 Å². The fourth-order valence-electron chi connectivity index (χ4n) is 4.22. The molecule has 1 aromatic rings. The number of piperidine rings is 1. The molecule has 0 aromatic heterocycles. The fourth-order valence-corrected chi connectivity index (χ4v) is 4.80. The Labute approximate surface area is 173 Å². The molecule has 0 radical (unpaired) electrons. The van der Waals surface area contributed by atoms with Gasteiger partial charge < -0.3 is 20.2 Å². The van der Waals surface area contributed by atoms with E-state index in [1.807, 2.05) is 30.1 Å². The molecule has 3 heterocycles. The van der Waals surface area contributed by atoms with Gasteiger partial charge in [-0.15, -0.1) is 0 Å². The number of amides is 1. The van der Waals surface area contributed by atoms with Gasteiger partial charge in [0.2, 0.25) is 6.41 Å². The first-order valence-electron chi connectivity index (χ1n) is 9.66. The van der Waals surface area contributed by atoms with Crippen molar-refractivity contribution in [3.05, 3.63) is 52.0 Å². The van der Waals surface area contributed by atoms with Crippen LogP contribution in [0, 0.1) is 5.92 Å². The number of phenolic OH excluding ortho intramolecular Hbond substituents is 1. The number of fused-ring (bicyclic) bond motifs is 1. The van der Waals surface area contributed by atoms with Crippen LogP contribution in [0.25, 0.3) is 0 Å². The summed E-state index contributed by atoms with van der Waals surface area (Å²) >= 11 is 3.68. The summed E-state index contributed by atoms with van der Waals surface area (Å²) in [5, 5.41) is 16.0. The van der Waals surface area contributed by atoms with E-state index < -0.39 is 0 Å². The molecule has 3 aliphatic heterocycles. The summed E-state index contributed by atoms with van der Waals surface area (Å²) in [5.41, 5.74) is 4.26. The Morgan fingerprint density at radius 1 is 1.39 bits per heavy atom. The Hall–Kier alpha value is -2.19. The third kappa shape index (κ3) is 3.58. The summed E-state index contributed by atoms with van der Waals surface area (Å²) < 4.78 is 1.08. The minimum absolute atomic E-state index is 0.0831. The van der Waals surface area contributed by atoms with Gasteiger partial charge in [0.15, 0.2) is 0 Å². The molecule has 1 fully saturated rings. The number of hydrazine groups is 1. The summed E-state index contributed by atoms with van der Waals surface area (Å²) in [6.07, 6.45) is 5.26. The highest BCUT2D eigenvalue weighted by molar-refractivity contribution is 9.11. The van der Waals surface area contributed by atoms with Crippen LogP contribution < -0.4 is 10.7 Å². The van der Waals surface area contributed by atoms with Crippen LogP contribution in [-0.2, 0) is 4.79 Å². The second-order valence-corrected chi connectivity index (χ2v) is 8.51. The lowest BCUT2D eigenvalue weighted by atomic mass is 9.98. The van der Waals surface area contributed by atoms with E-state index in [-0.39, 0.29) is 6.04 Å². The molecule has 8 heteroatoms. The van der Waals surface area contributed by atoms with Crippen LogP contribution in [0.4, 0.5) is 0 Å². The number of phenols is 1. The third-order valence-corrected chi connectivity index (χ3v) is 6.32. The van der Waals surface area contributed by atoms with Crippen LogP contribution in [0.3, 0.4) is 0 Å². The number of hydrogen-bond acceptors (Lipinski definition) is 6. The van der Waals surface area contributed by atoms with Gasteiger partial charge in [-0.25, -0.2) is 10.4 Å². The van der Waals surface area contributed by atoms with Crippen molar-refractivity contribution in [1.82, 2.24) is 25.6 Å². The van der Waals surface area contributed by atoms with E-state index in [0.717, 1.165) is 60.6 Å². The number of nitrogens with zero attached hydrogens (tertiary/aromatic N) is 3. The molecule has 3 aliphatic rings. The normalized spacial score (nSPS) is 24.9. The number of benzene rings is 1. The van der Waals surface area contributed by atoms with Crippen molar-refractivity contribution in [1.29, 1.82) is 0 Å². The van der Waals surface area contributed by atoms with E-state index in [9.17, 15) is 9.90 Å². The molecule has 1 aromatic carbocycles. The number of hydrogen-bond donors (Lipinski definition) is 3. The van der Waals surface area contributed by atoms with Crippen molar-refractivity contribution in [3.8, 4) is 5.75 Å². The molecule has 0 spiro atoms. The van der Waals surface area contributed by atoms with Crippen molar-refractivity contribution in [2.45, 2.75) is 18.9 Å². The number of halogens is 1. The summed E-state index contributed by atoms with van der Waals surface area (Å²) in [6, 6.07) is 7.39. The van der Waals surface area contributed by atoms with Crippen molar-refractivity contribution >= 4 is 22.3 Å². The van der Waals surface area contributed by atoms with Crippen molar-refractivity contribution in [2.75, 3.05) is 33.2 Å². The van der Waals surface area contributed by atoms with Crippen molar-refractivity contribution in [3.63, 3.8) is 0 Å². The number of nitrogens with one attached hydrogen (secondary N) is 2. The number of para-hydroxylation sites is 1. The number of aromatic hydroxyl groups is 1. The molecule has 150 valence electrons. The molecule has 1 saturated heterocycles. The van der Waals surface area contributed by atoms with E-state index >= 15 is 0 Å². The lowest BCUT2D eigenvalue weighted by Gasteiger charge is -2.41. The highest BCUT2D eigenvalue weighted by Gasteiger charge is 2.36. The molecule has 3 N–H and O–H groups in total. The number of carbonyl (C=O) groups is 1. The zero-order chi connectivity index (χ0) is 19.7. The number of likely N-dealkylation sites (tertiary alicyclic amines) is 1. The Balaban J connectivity index is 1.58. The zero-order valence-corrected chi connectivity index (χ0v) is 17.5. The van der Waals surface area contributed by atoms with Gasteiger partial charge in [0.05, 0.1) is 17.1 Å². The highest BCUT2D eigenvalue weighted by atomic mass is 79.9. The maximum atomic E-state index is 11.1. The van der Waals surface area contributed by atoms with Gasteiger partial charge in [-0.3, -0.25) is 4.79 Å². The molecule has 28 heavy (non-hydrogen) atoms. The second-order valence-electron chi connectivity index (χ2n) is 7.55. The summed E-state index contributed by atoms with van der Waals surface area (Å²) in [4.78, 5) is 15.1. The molecule has 1 amide bonds. The molecule has 2 unspecified atom stereocenters. The van der Waals surface area contributed by atoms with Gasteiger partial charge in [-0.05, 0) is 30.9 Å². The van der Waals surface area contributed by atoms with Crippen LogP contribution in [0.2, 0.25) is 0 Å². The van der Waals surface area contributed by atoms with Crippen LogP contribution >= 0.6 is 15.9 Å². The molecular weight excluding hydrogens is 422 g/mol. The summed E-state index contributed by atoms with van der Waals surface area (Å²) in [5.74, 6) is 2.73. The van der Waals surface area contributed by atoms with Gasteiger partial charge in [0, 0.05) is 32.2 Å².